The molecule has 5 nitrogen and oxygen atoms in total. The highest BCUT2D eigenvalue weighted by molar-refractivity contribution is 9.10. The highest BCUT2D eigenvalue weighted by atomic mass is 79.9. The summed E-state index contributed by atoms with van der Waals surface area (Å²) in [6, 6.07) is 17.6. The van der Waals surface area contributed by atoms with Gasteiger partial charge in [-0.15, -0.1) is 0 Å². The van der Waals surface area contributed by atoms with Crippen LogP contribution in [0.4, 0.5) is 10.2 Å². The second kappa shape index (κ2) is 8.74. The molecule has 1 saturated carbocycles. The van der Waals surface area contributed by atoms with Gasteiger partial charge in [0.05, 0.1) is 6.26 Å². The molecule has 0 atom stereocenters. The zero-order valence-corrected chi connectivity index (χ0v) is 18.8. The van der Waals surface area contributed by atoms with Crippen LogP contribution in [0.15, 0.2) is 75.8 Å². The van der Waals surface area contributed by atoms with Gasteiger partial charge in [0.1, 0.15) is 23.2 Å². The van der Waals surface area contributed by atoms with Crippen LogP contribution >= 0.6 is 15.9 Å². The Labute approximate surface area is 193 Å². The van der Waals surface area contributed by atoms with E-state index >= 15 is 0 Å². The number of furan rings is 1. The molecule has 1 fully saturated rings. The molecule has 2 heterocycles. The van der Waals surface area contributed by atoms with Crippen LogP contribution in [0.1, 0.15) is 42.3 Å². The summed E-state index contributed by atoms with van der Waals surface area (Å²) in [7, 11) is 0. The maximum Gasteiger partial charge on any atom is 0.292 e. The molecule has 0 aliphatic heterocycles. The number of anilines is 1. The molecule has 4 aromatic rings. The maximum atomic E-state index is 13.6. The normalized spacial score (nSPS) is 14.1. The van der Waals surface area contributed by atoms with Crippen LogP contribution in [0.2, 0.25) is 0 Å². The van der Waals surface area contributed by atoms with Gasteiger partial charge in [0.2, 0.25) is 0 Å². The molecule has 1 amide bonds. The van der Waals surface area contributed by atoms with Crippen molar-refractivity contribution in [1.29, 1.82) is 0 Å². The molecule has 0 radical (unpaired) electrons. The first-order chi connectivity index (χ1) is 15.6. The number of carbonyl (C=O) groups excluding carboxylic acids is 1. The largest absolute Gasteiger partial charge is 0.459 e. The number of carbonyl (C=O) groups is 1. The molecule has 1 N–H and O–H groups in total. The van der Waals surface area contributed by atoms with Crippen LogP contribution in [0.25, 0.3) is 22.6 Å². The number of aromatic nitrogens is 2. The minimum Gasteiger partial charge on any atom is -0.459 e. The van der Waals surface area contributed by atoms with E-state index in [1.807, 2.05) is 24.3 Å². The molecule has 2 aromatic heterocycles. The quantitative estimate of drug-likeness (QED) is 0.323. The van der Waals surface area contributed by atoms with Gasteiger partial charge < -0.3 is 14.3 Å². The zero-order valence-electron chi connectivity index (χ0n) is 17.2. The molecular formula is C25H21BrFN3O2. The number of amides is 1. The number of rotatable bonds is 5. The first kappa shape index (κ1) is 20.7. The fraction of sp³-hybridized carbons (Fsp3) is 0.200. The third-order valence-corrected chi connectivity index (χ3v) is 6.33. The molecule has 0 saturated heterocycles. The summed E-state index contributed by atoms with van der Waals surface area (Å²) in [4.78, 5) is 17.9. The van der Waals surface area contributed by atoms with Gasteiger partial charge in [-0.25, -0.2) is 9.37 Å². The van der Waals surface area contributed by atoms with Crippen LogP contribution in [-0.2, 0) is 0 Å². The van der Waals surface area contributed by atoms with Crippen molar-refractivity contribution in [3.8, 4) is 22.6 Å². The van der Waals surface area contributed by atoms with Gasteiger partial charge in [0, 0.05) is 21.6 Å². The lowest BCUT2D eigenvalue weighted by atomic mass is 10.1. The lowest BCUT2D eigenvalue weighted by Crippen LogP contribution is -2.17. The summed E-state index contributed by atoms with van der Waals surface area (Å²) in [6.07, 6.45) is 5.73. The first-order valence-corrected chi connectivity index (χ1v) is 11.4. The van der Waals surface area contributed by atoms with Gasteiger partial charge in [-0.2, -0.15) is 0 Å². The summed E-state index contributed by atoms with van der Waals surface area (Å²) in [5, 5.41) is 3.04. The average Bonchev–Trinajstić information content (AvgIpc) is 3.56. The third kappa shape index (κ3) is 4.00. The second-order valence-corrected chi connectivity index (χ2v) is 8.80. The van der Waals surface area contributed by atoms with E-state index in [9.17, 15) is 9.18 Å². The Hall–Kier alpha value is -3.19. The average molecular weight is 494 g/mol. The van der Waals surface area contributed by atoms with Crippen molar-refractivity contribution >= 4 is 27.7 Å². The highest BCUT2D eigenvalue weighted by Gasteiger charge is 2.29. The van der Waals surface area contributed by atoms with Crippen molar-refractivity contribution in [3.05, 3.63) is 83.0 Å². The smallest absolute Gasteiger partial charge is 0.292 e. The third-order valence-electron chi connectivity index (χ3n) is 5.80. The summed E-state index contributed by atoms with van der Waals surface area (Å²) in [6.45, 7) is 0. The van der Waals surface area contributed by atoms with E-state index in [1.165, 1.54) is 18.4 Å². The number of hydrogen-bond donors (Lipinski definition) is 1. The van der Waals surface area contributed by atoms with Crippen molar-refractivity contribution in [2.45, 2.75) is 31.7 Å². The van der Waals surface area contributed by atoms with Gasteiger partial charge in [-0.05, 0) is 61.4 Å². The van der Waals surface area contributed by atoms with E-state index in [0.29, 0.717) is 11.5 Å². The van der Waals surface area contributed by atoms with Crippen LogP contribution in [0.5, 0.6) is 0 Å². The van der Waals surface area contributed by atoms with Gasteiger partial charge >= 0.3 is 0 Å². The Balaban J connectivity index is 1.70. The fourth-order valence-electron chi connectivity index (χ4n) is 4.26. The van der Waals surface area contributed by atoms with E-state index in [4.69, 9.17) is 9.40 Å². The Bertz CT molecular complexity index is 1230. The molecular weight excluding hydrogens is 473 g/mol. The number of nitrogens with zero attached hydrogens (tertiary/aromatic N) is 2. The number of benzene rings is 2. The van der Waals surface area contributed by atoms with Crippen molar-refractivity contribution in [1.82, 2.24) is 9.55 Å². The Morgan fingerprint density at radius 3 is 2.38 bits per heavy atom. The summed E-state index contributed by atoms with van der Waals surface area (Å²) in [5.74, 6) is 0.930. The number of hydrogen-bond acceptors (Lipinski definition) is 3. The second-order valence-electron chi connectivity index (χ2n) is 7.89. The van der Waals surface area contributed by atoms with Crippen molar-refractivity contribution in [2.75, 3.05) is 5.32 Å². The van der Waals surface area contributed by atoms with E-state index < -0.39 is 0 Å². The molecule has 2 aromatic carbocycles. The Kier molecular flexibility index (Phi) is 5.66. The standard InChI is InChI=1S/C25H21BrFN3O2/c26-18-11-7-17(8-12-18)23-28-22(16-9-13-19(27)14-10-16)24(30(23)20-4-1-2-5-20)29-25(31)21-6-3-15-32-21/h3,6-15,20H,1-2,4-5H2,(H,29,31). The summed E-state index contributed by atoms with van der Waals surface area (Å²) in [5.41, 5.74) is 2.29. The zero-order chi connectivity index (χ0) is 22.1. The highest BCUT2D eigenvalue weighted by Crippen LogP contribution is 2.41. The van der Waals surface area contributed by atoms with Crippen LogP contribution in [0, 0.1) is 5.82 Å². The minimum absolute atomic E-state index is 0.210. The van der Waals surface area contributed by atoms with Crippen molar-refractivity contribution < 1.29 is 13.6 Å². The van der Waals surface area contributed by atoms with Crippen molar-refractivity contribution in [2.24, 2.45) is 0 Å². The first-order valence-electron chi connectivity index (χ1n) is 10.6. The monoisotopic (exact) mass is 493 g/mol. The number of halogens is 2. The molecule has 32 heavy (non-hydrogen) atoms. The number of nitrogens with one attached hydrogen (secondary N) is 1. The summed E-state index contributed by atoms with van der Waals surface area (Å²) < 4.78 is 22.0. The summed E-state index contributed by atoms with van der Waals surface area (Å²) >= 11 is 3.49. The van der Waals surface area contributed by atoms with Crippen molar-refractivity contribution in [3.63, 3.8) is 0 Å². The minimum atomic E-state index is -0.347. The maximum absolute atomic E-state index is 13.6. The van der Waals surface area contributed by atoms with Gasteiger partial charge in [-0.1, -0.05) is 40.9 Å². The SMILES string of the molecule is O=C(Nc1c(-c2ccc(F)cc2)nc(-c2ccc(Br)cc2)n1C1CCCC1)c1ccco1. The van der Waals surface area contributed by atoms with Crippen LogP contribution in [0.3, 0.4) is 0 Å². The van der Waals surface area contributed by atoms with E-state index in [2.05, 4.69) is 25.8 Å². The van der Waals surface area contributed by atoms with E-state index in [0.717, 1.165) is 47.1 Å². The molecule has 1 aliphatic rings. The molecule has 0 spiro atoms. The predicted molar refractivity (Wildman–Crippen MR) is 125 cm³/mol. The Morgan fingerprint density at radius 1 is 1.03 bits per heavy atom. The lowest BCUT2D eigenvalue weighted by Gasteiger charge is -2.19. The molecule has 7 heteroatoms. The van der Waals surface area contributed by atoms with E-state index in [-0.39, 0.29) is 23.5 Å². The van der Waals surface area contributed by atoms with Gasteiger partial charge in [0.15, 0.2) is 5.76 Å². The lowest BCUT2D eigenvalue weighted by molar-refractivity contribution is 0.0995. The predicted octanol–water partition coefficient (Wildman–Crippen LogP) is 7.08. The van der Waals surface area contributed by atoms with Gasteiger partial charge in [-0.3, -0.25) is 4.79 Å². The van der Waals surface area contributed by atoms with E-state index in [1.54, 1.807) is 24.3 Å². The topological polar surface area (TPSA) is 60.1 Å². The molecule has 0 bridgehead atoms. The fourth-order valence-corrected chi connectivity index (χ4v) is 4.52. The van der Waals surface area contributed by atoms with Crippen LogP contribution in [-0.4, -0.2) is 15.5 Å². The Morgan fingerprint density at radius 2 is 1.72 bits per heavy atom. The van der Waals surface area contributed by atoms with Gasteiger partial charge in [0.25, 0.3) is 5.91 Å². The molecule has 162 valence electrons. The van der Waals surface area contributed by atoms with Crippen LogP contribution < -0.4 is 5.32 Å². The number of imidazole rings is 1. The molecule has 1 aliphatic carbocycles. The molecule has 0 unspecified atom stereocenters. The molecule has 5 rings (SSSR count).